The second-order valence-corrected chi connectivity index (χ2v) is 5.51. The van der Waals surface area contributed by atoms with Gasteiger partial charge >= 0.3 is 0 Å². The van der Waals surface area contributed by atoms with Gasteiger partial charge in [0, 0.05) is 52.4 Å². The first-order valence-electron chi connectivity index (χ1n) is 7.11. The molecule has 1 N–H and O–H groups in total. The molecule has 2 aliphatic rings. The molecule has 2 saturated heterocycles. The molecule has 0 radical (unpaired) electrons. The van der Waals surface area contributed by atoms with E-state index in [0.29, 0.717) is 6.04 Å². The molecule has 1 unspecified atom stereocenters. The van der Waals surface area contributed by atoms with Crippen molar-refractivity contribution in [2.75, 3.05) is 39.8 Å². The monoisotopic (exact) mass is 261 g/mol. The highest BCUT2D eigenvalue weighted by Gasteiger charge is 2.34. The number of methoxy groups -OCH3 is 1. The van der Waals surface area contributed by atoms with Crippen LogP contribution in [0.3, 0.4) is 0 Å². The summed E-state index contributed by atoms with van der Waals surface area (Å²) in [5.74, 6) is 0. The molecule has 3 rings (SSSR count). The standard InChI is InChI=1S/C15H23N3O/c1-19-15-12-18(8-7-16-15)14-10-17(11-14)9-13-5-3-2-4-6-13/h2-6,14-16H,7-12H2,1H3. The van der Waals surface area contributed by atoms with Crippen LogP contribution in [0.4, 0.5) is 0 Å². The lowest BCUT2D eigenvalue weighted by molar-refractivity contribution is -0.0389. The molecule has 104 valence electrons. The van der Waals surface area contributed by atoms with Gasteiger partial charge in [-0.15, -0.1) is 0 Å². The van der Waals surface area contributed by atoms with E-state index in [1.54, 1.807) is 7.11 Å². The SMILES string of the molecule is COC1CN(C2CN(Cc3ccccc3)C2)CCN1. The van der Waals surface area contributed by atoms with Gasteiger partial charge in [-0.25, -0.2) is 0 Å². The maximum absolute atomic E-state index is 5.40. The van der Waals surface area contributed by atoms with Crippen LogP contribution in [-0.4, -0.2) is 61.9 Å². The largest absolute Gasteiger partial charge is 0.365 e. The van der Waals surface area contributed by atoms with E-state index >= 15 is 0 Å². The van der Waals surface area contributed by atoms with E-state index in [0.717, 1.165) is 26.2 Å². The van der Waals surface area contributed by atoms with Crippen molar-refractivity contribution in [2.45, 2.75) is 18.8 Å². The molecule has 19 heavy (non-hydrogen) atoms. The molecular weight excluding hydrogens is 238 g/mol. The molecular formula is C15H23N3O. The number of rotatable bonds is 4. The van der Waals surface area contributed by atoms with Crippen molar-refractivity contribution < 1.29 is 4.74 Å². The molecule has 0 spiro atoms. The number of hydrogen-bond donors (Lipinski definition) is 1. The number of piperazine rings is 1. The van der Waals surface area contributed by atoms with E-state index in [1.807, 2.05) is 0 Å². The molecule has 4 nitrogen and oxygen atoms in total. The Labute approximate surface area is 115 Å². The van der Waals surface area contributed by atoms with E-state index in [-0.39, 0.29) is 6.23 Å². The van der Waals surface area contributed by atoms with E-state index in [4.69, 9.17) is 4.74 Å². The Balaban J connectivity index is 1.45. The van der Waals surface area contributed by atoms with E-state index in [2.05, 4.69) is 45.4 Å². The molecule has 1 aromatic rings. The fraction of sp³-hybridized carbons (Fsp3) is 0.600. The molecule has 0 aliphatic carbocycles. The van der Waals surface area contributed by atoms with Crippen LogP contribution >= 0.6 is 0 Å². The van der Waals surface area contributed by atoms with E-state index in [9.17, 15) is 0 Å². The molecule has 0 aromatic heterocycles. The number of hydrogen-bond acceptors (Lipinski definition) is 4. The highest BCUT2D eigenvalue weighted by molar-refractivity contribution is 5.15. The highest BCUT2D eigenvalue weighted by atomic mass is 16.5. The summed E-state index contributed by atoms with van der Waals surface area (Å²) in [6, 6.07) is 11.4. The molecule has 4 heteroatoms. The van der Waals surface area contributed by atoms with Gasteiger partial charge in [-0.2, -0.15) is 0 Å². The zero-order chi connectivity index (χ0) is 13.1. The van der Waals surface area contributed by atoms with Crippen LogP contribution in [0.2, 0.25) is 0 Å². The first-order chi connectivity index (χ1) is 9.35. The Morgan fingerprint density at radius 2 is 2.00 bits per heavy atom. The third kappa shape index (κ3) is 3.15. The first kappa shape index (κ1) is 13.1. The highest BCUT2D eigenvalue weighted by Crippen LogP contribution is 2.19. The molecule has 0 saturated carbocycles. The first-order valence-corrected chi connectivity index (χ1v) is 7.11. The fourth-order valence-electron chi connectivity index (χ4n) is 2.97. The number of likely N-dealkylation sites (tertiary alicyclic amines) is 1. The normalized spacial score (nSPS) is 26.3. The lowest BCUT2D eigenvalue weighted by atomic mass is 10.0. The average molecular weight is 261 g/mol. The van der Waals surface area contributed by atoms with Crippen molar-refractivity contribution in [2.24, 2.45) is 0 Å². The van der Waals surface area contributed by atoms with Gasteiger partial charge in [0.1, 0.15) is 6.23 Å². The van der Waals surface area contributed by atoms with Crippen molar-refractivity contribution in [3.05, 3.63) is 35.9 Å². The Bertz CT molecular complexity index is 392. The molecule has 0 amide bonds. The van der Waals surface area contributed by atoms with Crippen LogP contribution in [0.5, 0.6) is 0 Å². The quantitative estimate of drug-likeness (QED) is 0.865. The predicted molar refractivity (Wildman–Crippen MR) is 75.9 cm³/mol. The Morgan fingerprint density at radius 1 is 1.21 bits per heavy atom. The molecule has 1 aromatic carbocycles. The van der Waals surface area contributed by atoms with Crippen molar-refractivity contribution in [3.63, 3.8) is 0 Å². The van der Waals surface area contributed by atoms with Crippen LogP contribution in [0.25, 0.3) is 0 Å². The molecule has 0 bridgehead atoms. The van der Waals surface area contributed by atoms with Crippen LogP contribution in [0, 0.1) is 0 Å². The molecule has 2 fully saturated rings. The molecule has 1 atom stereocenters. The molecule has 2 heterocycles. The van der Waals surface area contributed by atoms with Crippen LogP contribution in [0.1, 0.15) is 5.56 Å². The number of nitrogens with one attached hydrogen (secondary N) is 1. The summed E-state index contributed by atoms with van der Waals surface area (Å²) in [5.41, 5.74) is 1.41. The van der Waals surface area contributed by atoms with Crippen molar-refractivity contribution in [3.8, 4) is 0 Å². The predicted octanol–water partition coefficient (Wildman–Crippen LogP) is 0.748. The second-order valence-electron chi connectivity index (χ2n) is 5.51. The number of nitrogens with zero attached hydrogens (tertiary/aromatic N) is 2. The zero-order valence-electron chi connectivity index (χ0n) is 11.6. The average Bonchev–Trinajstić information content (AvgIpc) is 2.43. The third-order valence-corrected chi connectivity index (χ3v) is 4.16. The maximum atomic E-state index is 5.40. The van der Waals surface area contributed by atoms with E-state index < -0.39 is 0 Å². The maximum Gasteiger partial charge on any atom is 0.120 e. The van der Waals surface area contributed by atoms with Gasteiger partial charge in [0.25, 0.3) is 0 Å². The minimum Gasteiger partial charge on any atom is -0.365 e. The van der Waals surface area contributed by atoms with Gasteiger partial charge in [0.05, 0.1) is 0 Å². The summed E-state index contributed by atoms with van der Waals surface area (Å²) >= 11 is 0. The van der Waals surface area contributed by atoms with Gasteiger partial charge in [0.15, 0.2) is 0 Å². The minimum absolute atomic E-state index is 0.205. The van der Waals surface area contributed by atoms with Gasteiger partial charge in [-0.1, -0.05) is 30.3 Å². The lowest BCUT2D eigenvalue weighted by Crippen LogP contribution is -2.64. The summed E-state index contributed by atoms with van der Waals surface area (Å²) in [6.07, 6.45) is 0.205. The number of ether oxygens (including phenoxy) is 1. The summed E-state index contributed by atoms with van der Waals surface area (Å²) in [6.45, 7) is 6.64. The minimum atomic E-state index is 0.205. The van der Waals surface area contributed by atoms with E-state index in [1.165, 1.54) is 18.7 Å². The van der Waals surface area contributed by atoms with Crippen LogP contribution < -0.4 is 5.32 Å². The number of benzene rings is 1. The Kier molecular flexibility index (Phi) is 4.13. The summed E-state index contributed by atoms with van der Waals surface area (Å²) in [7, 11) is 1.78. The van der Waals surface area contributed by atoms with Gasteiger partial charge in [-0.3, -0.25) is 15.1 Å². The zero-order valence-corrected chi connectivity index (χ0v) is 11.6. The summed E-state index contributed by atoms with van der Waals surface area (Å²) < 4.78 is 5.40. The van der Waals surface area contributed by atoms with Crippen molar-refractivity contribution in [1.82, 2.24) is 15.1 Å². The van der Waals surface area contributed by atoms with Gasteiger partial charge < -0.3 is 4.74 Å². The lowest BCUT2D eigenvalue weighted by Gasteiger charge is -2.48. The third-order valence-electron chi connectivity index (χ3n) is 4.16. The van der Waals surface area contributed by atoms with Gasteiger partial charge in [0.2, 0.25) is 0 Å². The van der Waals surface area contributed by atoms with Crippen LogP contribution in [-0.2, 0) is 11.3 Å². The fourth-order valence-corrected chi connectivity index (χ4v) is 2.97. The van der Waals surface area contributed by atoms with Crippen LogP contribution in [0.15, 0.2) is 30.3 Å². The Morgan fingerprint density at radius 3 is 2.74 bits per heavy atom. The summed E-state index contributed by atoms with van der Waals surface area (Å²) in [4.78, 5) is 5.08. The second kappa shape index (κ2) is 6.01. The summed E-state index contributed by atoms with van der Waals surface area (Å²) in [5, 5.41) is 3.38. The topological polar surface area (TPSA) is 27.7 Å². The smallest absolute Gasteiger partial charge is 0.120 e. The van der Waals surface area contributed by atoms with Crippen molar-refractivity contribution >= 4 is 0 Å². The van der Waals surface area contributed by atoms with Gasteiger partial charge in [-0.05, 0) is 5.56 Å². The Hall–Kier alpha value is -0.940. The van der Waals surface area contributed by atoms with Crippen molar-refractivity contribution in [1.29, 1.82) is 0 Å². The molecule has 2 aliphatic heterocycles.